The van der Waals surface area contributed by atoms with E-state index in [0.717, 1.165) is 0 Å². The molecule has 1 aromatic carbocycles. The first-order valence-corrected chi connectivity index (χ1v) is 5.69. The molecule has 2 N–H and O–H groups in total. The number of carbonyl (C=O) groups excluding carboxylic acids is 1. The lowest BCUT2D eigenvalue weighted by atomic mass is 10.1. The molecule has 5 heteroatoms. The number of carboxylic acid groups (broad SMARTS) is 1. The summed E-state index contributed by atoms with van der Waals surface area (Å²) < 4.78 is 0. The maximum atomic E-state index is 12.1. The minimum absolute atomic E-state index is 0.0383. The van der Waals surface area contributed by atoms with E-state index < -0.39 is 5.97 Å². The van der Waals surface area contributed by atoms with Gasteiger partial charge < -0.3 is 15.1 Å². The van der Waals surface area contributed by atoms with Crippen molar-refractivity contribution < 1.29 is 19.8 Å². The second-order valence-electron chi connectivity index (χ2n) is 4.17. The normalized spacial score (nSPS) is 10.1. The molecule has 0 aliphatic rings. The highest BCUT2D eigenvalue weighted by atomic mass is 16.4. The molecular weight excluding hydrogens is 234 g/mol. The van der Waals surface area contributed by atoms with E-state index in [1.54, 1.807) is 26.1 Å². The van der Waals surface area contributed by atoms with Crippen molar-refractivity contribution in [2.45, 2.75) is 19.8 Å². The van der Waals surface area contributed by atoms with Crippen molar-refractivity contribution in [2.24, 2.45) is 0 Å². The summed E-state index contributed by atoms with van der Waals surface area (Å²) in [5, 5.41) is 18.1. The van der Waals surface area contributed by atoms with Gasteiger partial charge in [0.25, 0.3) is 5.91 Å². The summed E-state index contributed by atoms with van der Waals surface area (Å²) >= 11 is 0. The number of hydrogen-bond donors (Lipinski definition) is 2. The third-order valence-electron chi connectivity index (χ3n) is 2.77. The van der Waals surface area contributed by atoms with Crippen molar-refractivity contribution in [2.75, 3.05) is 13.6 Å². The van der Waals surface area contributed by atoms with E-state index in [0.29, 0.717) is 24.1 Å². The predicted molar refractivity (Wildman–Crippen MR) is 66.7 cm³/mol. The highest BCUT2D eigenvalue weighted by Gasteiger charge is 2.15. The van der Waals surface area contributed by atoms with Crippen molar-refractivity contribution in [3.63, 3.8) is 0 Å². The average Bonchev–Trinajstić information content (AvgIpc) is 2.31. The number of phenolic OH excluding ortho intramolecular Hbond substituents is 1. The standard InChI is InChI=1S/C13H17NO4/c1-9-10(5-3-6-11(9)15)13(18)14(2)8-4-7-12(16)17/h3,5-6,15H,4,7-8H2,1-2H3,(H,16,17). The quantitative estimate of drug-likeness (QED) is 0.833. The fraction of sp³-hybridized carbons (Fsp3) is 0.385. The molecule has 0 saturated heterocycles. The molecule has 0 saturated carbocycles. The molecule has 0 fully saturated rings. The van der Waals surface area contributed by atoms with Crippen LogP contribution in [-0.4, -0.2) is 40.6 Å². The number of amides is 1. The lowest BCUT2D eigenvalue weighted by Crippen LogP contribution is -2.28. The number of rotatable bonds is 5. The van der Waals surface area contributed by atoms with Gasteiger partial charge in [0.05, 0.1) is 0 Å². The molecule has 5 nitrogen and oxygen atoms in total. The molecule has 0 atom stereocenters. The van der Waals surface area contributed by atoms with Gasteiger partial charge in [-0.1, -0.05) is 6.07 Å². The highest BCUT2D eigenvalue weighted by Crippen LogP contribution is 2.20. The van der Waals surface area contributed by atoms with Crippen LogP contribution in [0.25, 0.3) is 0 Å². The molecule has 0 aromatic heterocycles. The summed E-state index contributed by atoms with van der Waals surface area (Å²) in [6.07, 6.45) is 0.450. The van der Waals surface area contributed by atoms with Crippen molar-refractivity contribution in [1.29, 1.82) is 0 Å². The van der Waals surface area contributed by atoms with Gasteiger partial charge >= 0.3 is 5.97 Å². The molecule has 0 spiro atoms. The zero-order chi connectivity index (χ0) is 13.7. The van der Waals surface area contributed by atoms with Crippen LogP contribution in [0.5, 0.6) is 5.75 Å². The van der Waals surface area contributed by atoms with E-state index in [-0.39, 0.29) is 18.1 Å². The second kappa shape index (κ2) is 6.05. The Kier molecular flexibility index (Phi) is 4.71. The number of phenols is 1. The summed E-state index contributed by atoms with van der Waals surface area (Å²) in [5.41, 5.74) is 0.973. The van der Waals surface area contributed by atoms with Crippen molar-refractivity contribution >= 4 is 11.9 Å². The molecule has 1 rings (SSSR count). The molecule has 0 unspecified atom stereocenters. The lowest BCUT2D eigenvalue weighted by Gasteiger charge is -2.18. The third kappa shape index (κ3) is 3.48. The van der Waals surface area contributed by atoms with Gasteiger partial charge in [-0.15, -0.1) is 0 Å². The Labute approximate surface area is 106 Å². The Balaban J connectivity index is 2.69. The fourth-order valence-corrected chi connectivity index (χ4v) is 1.63. The highest BCUT2D eigenvalue weighted by molar-refractivity contribution is 5.96. The first-order chi connectivity index (χ1) is 8.43. The number of carboxylic acids is 1. The van der Waals surface area contributed by atoms with Crippen molar-refractivity contribution in [1.82, 2.24) is 4.90 Å². The number of aliphatic carboxylic acids is 1. The first kappa shape index (κ1) is 14.0. The largest absolute Gasteiger partial charge is 0.508 e. The molecule has 0 bridgehead atoms. The van der Waals surface area contributed by atoms with Crippen LogP contribution in [0.2, 0.25) is 0 Å². The molecular formula is C13H17NO4. The Bertz CT molecular complexity index is 456. The summed E-state index contributed by atoms with van der Waals surface area (Å²) in [5.74, 6) is -1.00. The lowest BCUT2D eigenvalue weighted by molar-refractivity contribution is -0.137. The van der Waals surface area contributed by atoms with Gasteiger partial charge in [0.15, 0.2) is 0 Å². The van der Waals surface area contributed by atoms with Crippen molar-refractivity contribution in [3.8, 4) is 5.75 Å². The maximum Gasteiger partial charge on any atom is 0.303 e. The molecule has 18 heavy (non-hydrogen) atoms. The summed E-state index contributed by atoms with van der Waals surface area (Å²) in [4.78, 5) is 23.9. The summed E-state index contributed by atoms with van der Waals surface area (Å²) in [7, 11) is 1.62. The van der Waals surface area contributed by atoms with Crippen LogP contribution in [0.4, 0.5) is 0 Å². The summed E-state index contributed by atoms with van der Waals surface area (Å²) in [6, 6.07) is 4.78. The van der Waals surface area contributed by atoms with E-state index in [2.05, 4.69) is 0 Å². The Hall–Kier alpha value is -2.04. The summed E-state index contributed by atoms with van der Waals surface area (Å²) in [6.45, 7) is 2.05. The Morgan fingerprint density at radius 3 is 2.61 bits per heavy atom. The van der Waals surface area contributed by atoms with E-state index in [1.807, 2.05) is 0 Å². The molecule has 0 aliphatic heterocycles. The number of hydrogen-bond acceptors (Lipinski definition) is 3. The van der Waals surface area contributed by atoms with Crippen LogP contribution in [0, 0.1) is 6.92 Å². The predicted octanol–water partition coefficient (Wildman–Crippen LogP) is 1.64. The van der Waals surface area contributed by atoms with Gasteiger partial charge in [-0.25, -0.2) is 0 Å². The maximum absolute atomic E-state index is 12.1. The zero-order valence-corrected chi connectivity index (χ0v) is 10.5. The van der Waals surface area contributed by atoms with Gasteiger partial charge in [-0.05, 0) is 25.5 Å². The average molecular weight is 251 g/mol. The van der Waals surface area contributed by atoms with Crippen LogP contribution in [0.1, 0.15) is 28.8 Å². The first-order valence-electron chi connectivity index (χ1n) is 5.69. The number of carbonyl (C=O) groups is 2. The smallest absolute Gasteiger partial charge is 0.303 e. The molecule has 0 aliphatic carbocycles. The van der Waals surface area contributed by atoms with E-state index in [9.17, 15) is 14.7 Å². The fourth-order valence-electron chi connectivity index (χ4n) is 1.63. The van der Waals surface area contributed by atoms with Crippen LogP contribution in [0.15, 0.2) is 18.2 Å². The zero-order valence-electron chi connectivity index (χ0n) is 10.5. The number of aromatic hydroxyl groups is 1. The second-order valence-corrected chi connectivity index (χ2v) is 4.17. The van der Waals surface area contributed by atoms with Crippen LogP contribution in [0.3, 0.4) is 0 Å². The minimum atomic E-state index is -0.871. The Morgan fingerprint density at radius 2 is 2.00 bits per heavy atom. The van der Waals surface area contributed by atoms with Gasteiger partial charge in [0.2, 0.25) is 0 Å². The minimum Gasteiger partial charge on any atom is -0.508 e. The number of benzene rings is 1. The third-order valence-corrected chi connectivity index (χ3v) is 2.77. The van der Waals surface area contributed by atoms with Gasteiger partial charge in [0, 0.05) is 31.1 Å². The Morgan fingerprint density at radius 1 is 1.33 bits per heavy atom. The van der Waals surface area contributed by atoms with Crippen LogP contribution in [-0.2, 0) is 4.79 Å². The van der Waals surface area contributed by atoms with Crippen molar-refractivity contribution in [3.05, 3.63) is 29.3 Å². The van der Waals surface area contributed by atoms with Gasteiger partial charge in [-0.2, -0.15) is 0 Å². The van der Waals surface area contributed by atoms with E-state index >= 15 is 0 Å². The molecule has 1 amide bonds. The molecule has 0 heterocycles. The molecule has 0 radical (unpaired) electrons. The SMILES string of the molecule is Cc1c(O)cccc1C(=O)N(C)CCCC(=O)O. The molecule has 98 valence electrons. The van der Waals surface area contributed by atoms with Crippen LogP contribution < -0.4 is 0 Å². The van der Waals surface area contributed by atoms with E-state index in [4.69, 9.17) is 5.11 Å². The monoisotopic (exact) mass is 251 g/mol. The van der Waals surface area contributed by atoms with Crippen LogP contribution >= 0.6 is 0 Å². The van der Waals surface area contributed by atoms with Gasteiger partial charge in [-0.3, -0.25) is 9.59 Å². The molecule has 1 aromatic rings. The topological polar surface area (TPSA) is 77.8 Å². The van der Waals surface area contributed by atoms with Gasteiger partial charge in [0.1, 0.15) is 5.75 Å². The van der Waals surface area contributed by atoms with E-state index in [1.165, 1.54) is 11.0 Å². The number of nitrogens with zero attached hydrogens (tertiary/aromatic N) is 1.